The fourth-order valence-electron chi connectivity index (χ4n) is 2.86. The molecule has 3 rings (SSSR count). The van der Waals surface area contributed by atoms with E-state index in [-0.39, 0.29) is 18.8 Å². The highest BCUT2D eigenvalue weighted by Gasteiger charge is 2.11. The molecule has 1 aromatic heterocycles. The molecule has 3 N–H and O–H groups in total. The summed E-state index contributed by atoms with van der Waals surface area (Å²) in [7, 11) is 3.38. The summed E-state index contributed by atoms with van der Waals surface area (Å²) in [6.45, 7) is 2.10. The lowest BCUT2D eigenvalue weighted by atomic mass is 10.2. The zero-order valence-corrected chi connectivity index (χ0v) is 16.1. The zero-order chi connectivity index (χ0) is 20.3. The molecule has 0 aliphatic rings. The Morgan fingerprint density at radius 3 is 2.50 bits per heavy atom. The molecule has 148 valence electrons. The van der Waals surface area contributed by atoms with Crippen LogP contribution in [0.2, 0.25) is 0 Å². The van der Waals surface area contributed by atoms with Crippen LogP contribution in [-0.4, -0.2) is 39.5 Å². The molecule has 2 aromatic carbocycles. The molecular weight excluding hydrogens is 360 g/mol. The van der Waals surface area contributed by atoms with Gasteiger partial charge in [-0.15, -0.1) is 0 Å². The number of benzene rings is 2. The summed E-state index contributed by atoms with van der Waals surface area (Å²) in [5.41, 5.74) is 3.05. The molecule has 0 unspecified atom stereocenters. The third-order valence-electron chi connectivity index (χ3n) is 4.49. The second kappa shape index (κ2) is 8.18. The average molecular weight is 384 g/mol. The lowest BCUT2D eigenvalue weighted by Gasteiger charge is -2.14. The van der Waals surface area contributed by atoms with Gasteiger partial charge in [-0.25, -0.2) is 9.59 Å². The predicted octanol–water partition coefficient (Wildman–Crippen LogP) is 1.75. The number of aliphatic hydroxyl groups is 1. The maximum atomic E-state index is 12.1. The van der Waals surface area contributed by atoms with Crippen LogP contribution in [0.4, 0.5) is 10.5 Å². The third kappa shape index (κ3) is 4.34. The van der Waals surface area contributed by atoms with Gasteiger partial charge in [0.25, 0.3) is 0 Å². The monoisotopic (exact) mass is 384 g/mol. The minimum atomic E-state index is -0.843. The second-order valence-corrected chi connectivity index (χ2v) is 6.72. The molecule has 0 bridgehead atoms. The van der Waals surface area contributed by atoms with Crippen LogP contribution in [0.1, 0.15) is 5.56 Å². The van der Waals surface area contributed by atoms with E-state index < -0.39 is 12.1 Å². The number of nitrogens with one attached hydrogen (secondary N) is 2. The Morgan fingerprint density at radius 2 is 1.79 bits per heavy atom. The van der Waals surface area contributed by atoms with Gasteiger partial charge in [-0.2, -0.15) is 0 Å². The third-order valence-corrected chi connectivity index (χ3v) is 4.49. The first-order valence-corrected chi connectivity index (χ1v) is 8.93. The molecule has 1 heterocycles. The highest BCUT2D eigenvalue weighted by Crippen LogP contribution is 2.17. The fourth-order valence-corrected chi connectivity index (χ4v) is 2.86. The van der Waals surface area contributed by atoms with Gasteiger partial charge in [0.15, 0.2) is 0 Å². The molecule has 0 saturated carbocycles. The summed E-state index contributed by atoms with van der Waals surface area (Å²) in [6.07, 6.45) is -0.843. The largest absolute Gasteiger partial charge is 0.491 e. The van der Waals surface area contributed by atoms with Crippen molar-refractivity contribution in [3.05, 3.63) is 58.5 Å². The van der Waals surface area contributed by atoms with Gasteiger partial charge < -0.3 is 20.5 Å². The fraction of sp³-hybridized carbons (Fsp3) is 0.300. The van der Waals surface area contributed by atoms with Gasteiger partial charge in [-0.3, -0.25) is 9.13 Å². The number of urea groups is 1. The molecule has 2 amide bonds. The minimum Gasteiger partial charge on any atom is -0.491 e. The van der Waals surface area contributed by atoms with Crippen molar-refractivity contribution in [2.45, 2.75) is 13.0 Å². The topological polar surface area (TPSA) is 97.5 Å². The first kappa shape index (κ1) is 19.5. The van der Waals surface area contributed by atoms with Crippen molar-refractivity contribution >= 4 is 22.8 Å². The van der Waals surface area contributed by atoms with Crippen molar-refractivity contribution < 1.29 is 14.6 Å². The first-order valence-electron chi connectivity index (χ1n) is 8.93. The van der Waals surface area contributed by atoms with Crippen molar-refractivity contribution in [1.29, 1.82) is 0 Å². The number of aliphatic hydroxyl groups excluding tert-OH is 1. The predicted molar refractivity (Wildman–Crippen MR) is 108 cm³/mol. The van der Waals surface area contributed by atoms with Gasteiger partial charge in [0.1, 0.15) is 18.5 Å². The Bertz CT molecular complexity index is 1040. The van der Waals surface area contributed by atoms with Crippen LogP contribution in [-0.2, 0) is 14.1 Å². The van der Waals surface area contributed by atoms with Crippen molar-refractivity contribution in [2.75, 3.05) is 18.5 Å². The maximum absolute atomic E-state index is 12.1. The average Bonchev–Trinajstić information content (AvgIpc) is 2.90. The number of ether oxygens (including phenoxy) is 1. The summed E-state index contributed by atoms with van der Waals surface area (Å²) in [5.74, 6) is 0.663. The summed E-state index contributed by atoms with van der Waals surface area (Å²) in [5, 5.41) is 15.3. The van der Waals surface area contributed by atoms with Crippen molar-refractivity contribution in [2.24, 2.45) is 14.1 Å². The molecule has 8 heteroatoms. The summed E-state index contributed by atoms with van der Waals surface area (Å²) < 4.78 is 8.56. The van der Waals surface area contributed by atoms with Crippen molar-refractivity contribution in [3.8, 4) is 5.75 Å². The number of hydrogen-bond acceptors (Lipinski definition) is 4. The molecule has 0 aliphatic heterocycles. The lowest BCUT2D eigenvalue weighted by molar-refractivity contribution is 0.108. The quantitative estimate of drug-likeness (QED) is 0.603. The number of fused-ring (bicyclic) bond motifs is 1. The molecule has 0 spiro atoms. The van der Waals surface area contributed by atoms with Crippen LogP contribution in [0.5, 0.6) is 5.75 Å². The Balaban J connectivity index is 1.51. The summed E-state index contributed by atoms with van der Waals surface area (Å²) in [6, 6.07) is 12.3. The van der Waals surface area contributed by atoms with E-state index in [1.807, 2.05) is 31.2 Å². The number of rotatable bonds is 6. The molecule has 28 heavy (non-hydrogen) atoms. The molecule has 8 nitrogen and oxygen atoms in total. The SMILES string of the molecule is Cc1ccc(OC[C@H](O)CNC(=O)Nc2ccc3c(c2)n(C)c(=O)n3C)cc1. The highest BCUT2D eigenvalue weighted by atomic mass is 16.5. The van der Waals surface area contributed by atoms with Gasteiger partial charge in [-0.05, 0) is 37.3 Å². The Morgan fingerprint density at radius 1 is 1.11 bits per heavy atom. The van der Waals surface area contributed by atoms with Crippen molar-refractivity contribution in [1.82, 2.24) is 14.5 Å². The van der Waals surface area contributed by atoms with Gasteiger partial charge in [-0.1, -0.05) is 17.7 Å². The van der Waals surface area contributed by atoms with Crippen LogP contribution in [0, 0.1) is 6.92 Å². The number of anilines is 1. The van der Waals surface area contributed by atoms with Crippen LogP contribution >= 0.6 is 0 Å². The summed E-state index contributed by atoms with van der Waals surface area (Å²) >= 11 is 0. The zero-order valence-electron chi connectivity index (χ0n) is 16.1. The van der Waals surface area contributed by atoms with Crippen molar-refractivity contribution in [3.63, 3.8) is 0 Å². The molecule has 0 radical (unpaired) electrons. The highest BCUT2D eigenvalue weighted by molar-refractivity contribution is 5.92. The molecule has 0 fully saturated rings. The Hall–Kier alpha value is -3.26. The number of nitrogens with zero attached hydrogens (tertiary/aromatic N) is 2. The van der Waals surface area contributed by atoms with Crippen LogP contribution in [0.25, 0.3) is 11.0 Å². The Kier molecular flexibility index (Phi) is 5.70. The van der Waals surface area contributed by atoms with E-state index in [1.165, 1.54) is 4.57 Å². The molecule has 3 aromatic rings. The van der Waals surface area contributed by atoms with Crippen LogP contribution < -0.4 is 21.1 Å². The molecule has 0 aliphatic carbocycles. The number of carbonyl (C=O) groups is 1. The summed E-state index contributed by atoms with van der Waals surface area (Å²) in [4.78, 5) is 24.0. The van der Waals surface area contributed by atoms with E-state index >= 15 is 0 Å². The van der Waals surface area contributed by atoms with Gasteiger partial charge in [0, 0.05) is 26.3 Å². The standard InChI is InChI=1S/C20H24N4O4/c1-13-4-7-16(8-5-13)28-12-15(25)11-21-19(26)22-14-6-9-17-18(10-14)24(3)20(27)23(17)2/h4-10,15,25H,11-12H2,1-3H3,(H2,21,22,26)/t15-/m1/s1. The Labute approximate surface area is 162 Å². The minimum absolute atomic E-state index is 0.0454. The van der Waals surface area contributed by atoms with Gasteiger partial charge >= 0.3 is 11.7 Å². The van der Waals surface area contributed by atoms with Crippen LogP contribution in [0.15, 0.2) is 47.3 Å². The number of carbonyl (C=O) groups excluding carboxylic acids is 1. The van der Waals surface area contributed by atoms with E-state index in [2.05, 4.69) is 10.6 Å². The van der Waals surface area contributed by atoms with Gasteiger partial charge in [0.05, 0.1) is 11.0 Å². The lowest BCUT2D eigenvalue weighted by Crippen LogP contribution is -2.37. The normalized spacial score (nSPS) is 12.0. The van der Waals surface area contributed by atoms with E-state index in [1.54, 1.807) is 36.9 Å². The number of imidazole rings is 1. The molecular formula is C20H24N4O4. The van der Waals surface area contributed by atoms with E-state index in [0.717, 1.165) is 16.6 Å². The number of amides is 2. The second-order valence-electron chi connectivity index (χ2n) is 6.72. The van der Waals surface area contributed by atoms with E-state index in [9.17, 15) is 14.7 Å². The number of hydrogen-bond donors (Lipinski definition) is 3. The number of aromatic nitrogens is 2. The maximum Gasteiger partial charge on any atom is 0.328 e. The van der Waals surface area contributed by atoms with E-state index in [0.29, 0.717) is 11.4 Å². The number of aryl methyl sites for hydroxylation is 3. The smallest absolute Gasteiger partial charge is 0.328 e. The van der Waals surface area contributed by atoms with Gasteiger partial charge in [0.2, 0.25) is 0 Å². The first-order chi connectivity index (χ1) is 13.3. The van der Waals surface area contributed by atoms with E-state index in [4.69, 9.17) is 4.74 Å². The molecule has 0 saturated heterocycles. The van der Waals surface area contributed by atoms with Crippen LogP contribution in [0.3, 0.4) is 0 Å². The molecule has 1 atom stereocenters.